The Kier molecular flexibility index (Phi) is 5.08. The van der Waals surface area contributed by atoms with Crippen LogP contribution in [0.15, 0.2) is 24.3 Å². The molecule has 1 unspecified atom stereocenters. The highest BCUT2D eigenvalue weighted by atomic mass is 19.3. The molecule has 21 heavy (non-hydrogen) atoms. The van der Waals surface area contributed by atoms with Gasteiger partial charge in [0.05, 0.1) is 5.92 Å². The van der Waals surface area contributed by atoms with E-state index < -0.39 is 6.61 Å². The summed E-state index contributed by atoms with van der Waals surface area (Å²) >= 11 is 0. The molecule has 1 fully saturated rings. The molecule has 1 heterocycles. The average Bonchev–Trinajstić information content (AvgIpc) is 2.87. The molecule has 1 saturated heterocycles. The molecule has 0 radical (unpaired) electrons. The molecule has 7 heteroatoms. The van der Waals surface area contributed by atoms with Gasteiger partial charge in [0.25, 0.3) is 0 Å². The molecule has 0 saturated carbocycles. The highest BCUT2D eigenvalue weighted by Gasteiger charge is 2.27. The molecule has 1 aliphatic heterocycles. The van der Waals surface area contributed by atoms with Crippen molar-refractivity contribution in [3.05, 3.63) is 29.8 Å². The number of halogens is 2. The fourth-order valence-electron chi connectivity index (χ4n) is 2.10. The number of rotatable bonds is 6. The number of carbonyl (C=O) groups is 2. The van der Waals surface area contributed by atoms with Crippen molar-refractivity contribution in [1.29, 1.82) is 0 Å². The smallest absolute Gasteiger partial charge is 0.387 e. The lowest BCUT2D eigenvalue weighted by Gasteiger charge is -2.09. The normalized spacial score (nSPS) is 17.7. The first-order valence-corrected chi connectivity index (χ1v) is 6.63. The largest absolute Gasteiger partial charge is 0.435 e. The van der Waals surface area contributed by atoms with Crippen LogP contribution < -0.4 is 15.4 Å². The molecule has 0 aliphatic carbocycles. The molecule has 1 aromatic carbocycles. The zero-order valence-corrected chi connectivity index (χ0v) is 11.3. The number of alkyl halides is 2. The van der Waals surface area contributed by atoms with Gasteiger partial charge in [-0.3, -0.25) is 9.59 Å². The topological polar surface area (TPSA) is 67.4 Å². The van der Waals surface area contributed by atoms with Crippen LogP contribution in [0.3, 0.4) is 0 Å². The summed E-state index contributed by atoms with van der Waals surface area (Å²) in [5, 5.41) is 5.36. The summed E-state index contributed by atoms with van der Waals surface area (Å²) in [6.07, 6.45) is 0.806. The third-order valence-corrected chi connectivity index (χ3v) is 3.21. The Labute approximate surface area is 120 Å². The molecule has 5 nitrogen and oxygen atoms in total. The average molecular weight is 298 g/mol. The zero-order chi connectivity index (χ0) is 15.2. The summed E-state index contributed by atoms with van der Waals surface area (Å²) in [5.41, 5.74) is 0.900. The highest BCUT2D eigenvalue weighted by Crippen LogP contribution is 2.15. The Bertz CT molecular complexity index is 505. The molecule has 0 bridgehead atoms. The van der Waals surface area contributed by atoms with Crippen LogP contribution in [0.2, 0.25) is 0 Å². The van der Waals surface area contributed by atoms with Gasteiger partial charge in [0.15, 0.2) is 0 Å². The molecule has 114 valence electrons. The first-order chi connectivity index (χ1) is 10.0. The van der Waals surface area contributed by atoms with Gasteiger partial charge in [-0.25, -0.2) is 0 Å². The first kappa shape index (κ1) is 15.2. The number of benzene rings is 1. The van der Waals surface area contributed by atoms with Gasteiger partial charge in [-0.2, -0.15) is 8.78 Å². The Morgan fingerprint density at radius 3 is 2.67 bits per heavy atom. The van der Waals surface area contributed by atoms with Gasteiger partial charge >= 0.3 is 6.61 Å². The van der Waals surface area contributed by atoms with Crippen molar-refractivity contribution in [3.8, 4) is 5.75 Å². The summed E-state index contributed by atoms with van der Waals surface area (Å²) in [5.74, 6) is -0.455. The van der Waals surface area contributed by atoms with Crippen LogP contribution in [0.25, 0.3) is 0 Å². The molecule has 1 aliphatic rings. The number of nitrogens with one attached hydrogen (secondary N) is 2. The minimum absolute atomic E-state index is 0.105. The Balaban J connectivity index is 1.73. The van der Waals surface area contributed by atoms with E-state index in [9.17, 15) is 18.4 Å². The van der Waals surface area contributed by atoms with Crippen molar-refractivity contribution in [1.82, 2.24) is 10.6 Å². The van der Waals surface area contributed by atoms with E-state index in [2.05, 4.69) is 15.4 Å². The quantitative estimate of drug-likeness (QED) is 0.826. The summed E-state index contributed by atoms with van der Waals surface area (Å²) < 4.78 is 28.2. The Hall–Kier alpha value is -2.18. The molecule has 2 N–H and O–H groups in total. The third-order valence-electron chi connectivity index (χ3n) is 3.21. The van der Waals surface area contributed by atoms with Crippen LogP contribution in [-0.4, -0.2) is 31.5 Å². The minimum atomic E-state index is -2.84. The van der Waals surface area contributed by atoms with Crippen LogP contribution in [0.4, 0.5) is 8.78 Å². The summed E-state index contributed by atoms with van der Waals surface area (Å²) in [6.45, 7) is -2.03. The van der Waals surface area contributed by atoms with Crippen LogP contribution in [0, 0.1) is 5.92 Å². The summed E-state index contributed by atoms with van der Waals surface area (Å²) in [6, 6.07) is 6.26. The molecule has 2 amide bonds. The summed E-state index contributed by atoms with van der Waals surface area (Å²) in [4.78, 5) is 22.8. The lowest BCUT2D eigenvalue weighted by atomic mass is 10.1. The number of ether oxygens (including phenoxy) is 1. The second kappa shape index (κ2) is 7.01. The maximum atomic E-state index is 12.0. The number of hydrogen-bond acceptors (Lipinski definition) is 3. The number of carbonyl (C=O) groups excluding carboxylic acids is 2. The lowest BCUT2D eigenvalue weighted by Crippen LogP contribution is -2.33. The molecular weight excluding hydrogens is 282 g/mol. The van der Waals surface area contributed by atoms with Crippen LogP contribution in [-0.2, 0) is 16.0 Å². The van der Waals surface area contributed by atoms with Gasteiger partial charge in [0.1, 0.15) is 5.75 Å². The maximum Gasteiger partial charge on any atom is 0.387 e. The minimum Gasteiger partial charge on any atom is -0.435 e. The van der Waals surface area contributed by atoms with Gasteiger partial charge in [0.2, 0.25) is 11.8 Å². The second-order valence-electron chi connectivity index (χ2n) is 4.77. The van der Waals surface area contributed by atoms with Gasteiger partial charge in [0, 0.05) is 19.5 Å². The highest BCUT2D eigenvalue weighted by molar-refractivity contribution is 5.89. The number of hydrogen-bond donors (Lipinski definition) is 2. The Morgan fingerprint density at radius 1 is 1.38 bits per heavy atom. The van der Waals surface area contributed by atoms with Gasteiger partial charge in [-0.05, 0) is 24.1 Å². The standard InChI is InChI=1S/C14H16F2N2O3/c15-14(16)21-11-3-1-9(2-4-11)5-6-17-13(20)10-7-12(19)18-8-10/h1-4,10,14H,5-8H2,(H,17,20)(H,18,19). The van der Waals surface area contributed by atoms with Crippen molar-refractivity contribution >= 4 is 11.8 Å². The first-order valence-electron chi connectivity index (χ1n) is 6.63. The SMILES string of the molecule is O=C1CC(C(=O)NCCc2ccc(OC(F)F)cc2)CN1. The van der Waals surface area contributed by atoms with Crippen molar-refractivity contribution in [2.24, 2.45) is 5.92 Å². The third kappa shape index (κ3) is 4.70. The van der Waals surface area contributed by atoms with E-state index in [1.807, 2.05) is 0 Å². The molecule has 2 rings (SSSR count). The van der Waals surface area contributed by atoms with E-state index >= 15 is 0 Å². The van der Waals surface area contributed by atoms with Crippen LogP contribution in [0.1, 0.15) is 12.0 Å². The number of amides is 2. The van der Waals surface area contributed by atoms with E-state index in [-0.39, 0.29) is 29.9 Å². The predicted molar refractivity (Wildman–Crippen MR) is 70.9 cm³/mol. The maximum absolute atomic E-state index is 12.0. The van der Waals surface area contributed by atoms with Crippen molar-refractivity contribution < 1.29 is 23.1 Å². The van der Waals surface area contributed by atoms with E-state index in [1.165, 1.54) is 12.1 Å². The fourth-order valence-corrected chi connectivity index (χ4v) is 2.10. The molecular formula is C14H16F2N2O3. The molecule has 0 aromatic heterocycles. The summed E-state index contributed by atoms with van der Waals surface area (Å²) in [7, 11) is 0. The lowest BCUT2D eigenvalue weighted by molar-refractivity contribution is -0.126. The van der Waals surface area contributed by atoms with Crippen LogP contribution in [0.5, 0.6) is 5.75 Å². The van der Waals surface area contributed by atoms with Gasteiger partial charge < -0.3 is 15.4 Å². The van der Waals surface area contributed by atoms with E-state index in [4.69, 9.17) is 0 Å². The fraction of sp³-hybridized carbons (Fsp3) is 0.429. The second-order valence-corrected chi connectivity index (χ2v) is 4.77. The van der Waals surface area contributed by atoms with E-state index in [1.54, 1.807) is 12.1 Å². The zero-order valence-electron chi connectivity index (χ0n) is 11.3. The van der Waals surface area contributed by atoms with E-state index in [0.717, 1.165) is 5.56 Å². The van der Waals surface area contributed by atoms with Gasteiger partial charge in [-0.15, -0.1) is 0 Å². The molecule has 0 spiro atoms. The van der Waals surface area contributed by atoms with E-state index in [0.29, 0.717) is 19.5 Å². The van der Waals surface area contributed by atoms with Crippen molar-refractivity contribution in [2.45, 2.75) is 19.5 Å². The van der Waals surface area contributed by atoms with Crippen molar-refractivity contribution in [2.75, 3.05) is 13.1 Å². The van der Waals surface area contributed by atoms with Gasteiger partial charge in [-0.1, -0.05) is 12.1 Å². The predicted octanol–water partition coefficient (Wildman–Crippen LogP) is 1.08. The Morgan fingerprint density at radius 2 is 2.10 bits per heavy atom. The molecule has 1 aromatic rings. The molecule has 1 atom stereocenters. The van der Waals surface area contributed by atoms with Crippen LogP contribution >= 0.6 is 0 Å². The monoisotopic (exact) mass is 298 g/mol. The van der Waals surface area contributed by atoms with Crippen molar-refractivity contribution in [3.63, 3.8) is 0 Å².